The van der Waals surface area contributed by atoms with Crippen molar-refractivity contribution in [1.82, 2.24) is 19.8 Å². The molecule has 0 radical (unpaired) electrons. The average molecular weight is 580 g/mol. The van der Waals surface area contributed by atoms with E-state index in [2.05, 4.69) is 4.52 Å². The van der Waals surface area contributed by atoms with Gasteiger partial charge in [-0.05, 0) is 35.4 Å². The van der Waals surface area contributed by atoms with Crippen molar-refractivity contribution in [2.24, 2.45) is 0 Å². The van der Waals surface area contributed by atoms with E-state index < -0.39 is 20.0 Å². The quantitative estimate of drug-likeness (QED) is 0.470. The number of halogens is 1. The maximum atomic E-state index is 13.9. The highest BCUT2D eigenvalue weighted by Gasteiger charge is 2.50. The number of phosphoric acid groups is 1. The molecule has 4 rings (SSSR count). The third kappa shape index (κ3) is 6.37. The van der Waals surface area contributed by atoms with Crippen LogP contribution in [-0.4, -0.2) is 93.8 Å². The van der Waals surface area contributed by atoms with E-state index in [-0.39, 0.29) is 49.5 Å². The molecule has 2 saturated heterocycles. The number of fused-ring (bicyclic) bond motifs is 1. The number of piperazine rings is 1. The molecule has 0 aliphatic carbocycles. The molecule has 0 bridgehead atoms. The molecule has 0 spiro atoms. The van der Waals surface area contributed by atoms with E-state index in [0.29, 0.717) is 10.6 Å². The van der Waals surface area contributed by atoms with E-state index >= 15 is 0 Å². The van der Waals surface area contributed by atoms with E-state index in [0.717, 1.165) is 11.3 Å². The number of rotatable bonds is 7. The summed E-state index contributed by atoms with van der Waals surface area (Å²) < 4.78 is 15.8. The number of nitrogens with zero attached hydrogens (tertiary/aromatic N) is 5. The van der Waals surface area contributed by atoms with Crippen LogP contribution in [0.15, 0.2) is 42.5 Å². The van der Waals surface area contributed by atoms with E-state index in [1.807, 2.05) is 31.1 Å². The van der Waals surface area contributed by atoms with Crippen LogP contribution in [-0.2, 0) is 31.9 Å². The molecule has 39 heavy (non-hydrogen) atoms. The van der Waals surface area contributed by atoms with Gasteiger partial charge >= 0.3 is 7.82 Å². The molecule has 0 saturated carbocycles. The van der Waals surface area contributed by atoms with Crippen LogP contribution in [0.3, 0.4) is 0 Å². The topological polar surface area (TPSA) is 134 Å². The van der Waals surface area contributed by atoms with Gasteiger partial charge in [-0.25, -0.2) is 9.57 Å². The monoisotopic (exact) mass is 579 g/mol. The summed E-state index contributed by atoms with van der Waals surface area (Å²) in [4.78, 5) is 62.8. The minimum Gasteiger partial charge on any atom is -0.404 e. The Balaban J connectivity index is 1.67. The SMILES string of the molecule is CC(=O)N1[C@H]2CN(Cc3ccc(Cl)c(N(C)C)c3)C(=O)[C@H](Cc3ccc(OP(=O)(O)O)cc3)N2C(=O)CN1C. The predicted molar refractivity (Wildman–Crippen MR) is 144 cm³/mol. The Morgan fingerprint density at radius 2 is 1.77 bits per heavy atom. The van der Waals surface area contributed by atoms with Gasteiger partial charge < -0.3 is 19.2 Å². The molecule has 12 nitrogen and oxygen atoms in total. The normalized spacial score (nSPS) is 20.2. The summed E-state index contributed by atoms with van der Waals surface area (Å²) in [7, 11) is 0.683. The highest BCUT2D eigenvalue weighted by Crippen LogP contribution is 2.37. The molecule has 2 aromatic carbocycles. The molecular formula is C25H31ClN5O7P. The molecule has 2 aliphatic rings. The van der Waals surface area contributed by atoms with Crippen LogP contribution in [0, 0.1) is 0 Å². The van der Waals surface area contributed by atoms with E-state index in [4.69, 9.17) is 21.4 Å². The number of amides is 3. The first-order chi connectivity index (χ1) is 18.2. The van der Waals surface area contributed by atoms with Crippen LogP contribution in [0.2, 0.25) is 5.02 Å². The minimum absolute atomic E-state index is 0.0283. The fourth-order valence-corrected chi connectivity index (χ4v) is 5.76. The molecule has 3 amide bonds. The van der Waals surface area contributed by atoms with Crippen LogP contribution in [0.5, 0.6) is 5.75 Å². The van der Waals surface area contributed by atoms with Gasteiger partial charge in [0.15, 0.2) is 0 Å². The lowest BCUT2D eigenvalue weighted by molar-refractivity contribution is -0.201. The molecule has 2 N–H and O–H groups in total. The zero-order valence-electron chi connectivity index (χ0n) is 22.0. The summed E-state index contributed by atoms with van der Waals surface area (Å²) in [5.41, 5.74) is 2.29. The van der Waals surface area contributed by atoms with Crippen molar-refractivity contribution < 1.29 is 33.3 Å². The molecule has 2 aromatic rings. The number of hydrogen-bond acceptors (Lipinski definition) is 7. The number of phosphoric ester groups is 1. The molecular weight excluding hydrogens is 549 g/mol. The number of carbonyl (C=O) groups is 3. The second kappa shape index (κ2) is 11.1. The highest BCUT2D eigenvalue weighted by molar-refractivity contribution is 7.46. The van der Waals surface area contributed by atoms with Crippen molar-refractivity contribution in [3.05, 3.63) is 58.6 Å². The highest BCUT2D eigenvalue weighted by atomic mass is 35.5. The molecule has 2 heterocycles. The molecule has 210 valence electrons. The summed E-state index contributed by atoms with van der Waals surface area (Å²) in [6.45, 7) is 1.73. The van der Waals surface area contributed by atoms with Crippen molar-refractivity contribution in [3.63, 3.8) is 0 Å². The number of benzene rings is 2. The van der Waals surface area contributed by atoms with Gasteiger partial charge in [-0.15, -0.1) is 0 Å². The third-order valence-electron chi connectivity index (χ3n) is 6.70. The maximum Gasteiger partial charge on any atom is 0.524 e. The van der Waals surface area contributed by atoms with Crippen LogP contribution in [0.1, 0.15) is 18.1 Å². The van der Waals surface area contributed by atoms with Crippen LogP contribution in [0.4, 0.5) is 5.69 Å². The lowest BCUT2D eigenvalue weighted by atomic mass is 9.98. The first-order valence-electron chi connectivity index (χ1n) is 12.2. The summed E-state index contributed by atoms with van der Waals surface area (Å²) in [6, 6.07) is 10.5. The largest absolute Gasteiger partial charge is 0.524 e. The van der Waals surface area contributed by atoms with Crippen LogP contribution in [0.25, 0.3) is 0 Å². The fraction of sp³-hybridized carbons (Fsp3) is 0.400. The van der Waals surface area contributed by atoms with Gasteiger partial charge in [0.25, 0.3) is 0 Å². The second-order valence-electron chi connectivity index (χ2n) is 9.81. The Morgan fingerprint density at radius 3 is 2.36 bits per heavy atom. The molecule has 0 aromatic heterocycles. The number of anilines is 1. The van der Waals surface area contributed by atoms with Gasteiger partial charge in [0.05, 0.1) is 23.8 Å². The standard InChI is InChI=1S/C25H31ClN5O7P/c1-16(32)31-23-14-29(13-18-7-10-20(26)21(12-18)27(2)3)25(34)22(30(23)24(33)15-28(31)4)11-17-5-8-19(9-6-17)38-39(35,36)37/h5-10,12,22-23H,11,13-15H2,1-4H3,(H2,35,36,37)/t22-,23-/m0/s1. The number of hydrazine groups is 1. The zero-order valence-corrected chi connectivity index (χ0v) is 23.7. The summed E-state index contributed by atoms with van der Waals surface area (Å²) in [5.74, 6) is -0.835. The smallest absolute Gasteiger partial charge is 0.404 e. The van der Waals surface area contributed by atoms with Crippen LogP contribution >= 0.6 is 19.4 Å². The predicted octanol–water partition coefficient (Wildman–Crippen LogP) is 1.69. The van der Waals surface area contributed by atoms with Crippen molar-refractivity contribution in [2.45, 2.75) is 32.1 Å². The number of carbonyl (C=O) groups excluding carboxylic acids is 3. The first-order valence-corrected chi connectivity index (χ1v) is 14.1. The molecule has 2 fully saturated rings. The number of hydrogen-bond donors (Lipinski definition) is 2. The van der Waals surface area contributed by atoms with Gasteiger partial charge in [0, 0.05) is 41.0 Å². The van der Waals surface area contributed by atoms with Crippen molar-refractivity contribution in [2.75, 3.05) is 39.1 Å². The Bertz CT molecular complexity index is 1320. The van der Waals surface area contributed by atoms with Gasteiger partial charge in [-0.1, -0.05) is 29.8 Å². The lowest BCUT2D eigenvalue weighted by Crippen LogP contribution is -2.75. The first kappa shape index (κ1) is 28.8. The van der Waals surface area contributed by atoms with E-state index in [1.54, 1.807) is 35.2 Å². The molecule has 14 heteroatoms. The van der Waals surface area contributed by atoms with Crippen molar-refractivity contribution in [1.29, 1.82) is 0 Å². The van der Waals surface area contributed by atoms with Crippen molar-refractivity contribution >= 4 is 42.8 Å². The van der Waals surface area contributed by atoms with Gasteiger partial charge in [0.1, 0.15) is 18.0 Å². The molecule has 2 aliphatic heterocycles. The van der Waals surface area contributed by atoms with Gasteiger partial charge in [-0.3, -0.25) is 29.2 Å². The Kier molecular flexibility index (Phi) is 8.25. The van der Waals surface area contributed by atoms with Gasteiger partial charge in [-0.2, -0.15) is 0 Å². The third-order valence-corrected chi connectivity index (χ3v) is 7.47. The van der Waals surface area contributed by atoms with E-state index in [1.165, 1.54) is 29.0 Å². The zero-order chi connectivity index (χ0) is 28.6. The molecule has 0 unspecified atom stereocenters. The van der Waals surface area contributed by atoms with Gasteiger partial charge in [0.2, 0.25) is 17.7 Å². The Morgan fingerprint density at radius 1 is 1.13 bits per heavy atom. The lowest BCUT2D eigenvalue weighted by Gasteiger charge is -2.54. The summed E-state index contributed by atoms with van der Waals surface area (Å²) in [5, 5.41) is 3.64. The number of likely N-dealkylation sites (N-methyl/N-ethyl adjacent to an activating group) is 1. The average Bonchev–Trinajstić information content (AvgIpc) is 2.82. The maximum absolute atomic E-state index is 13.9. The summed E-state index contributed by atoms with van der Waals surface area (Å²) >= 11 is 6.33. The Labute approximate surface area is 231 Å². The summed E-state index contributed by atoms with van der Waals surface area (Å²) in [6.07, 6.45) is -0.568. The van der Waals surface area contributed by atoms with E-state index in [9.17, 15) is 18.9 Å². The Hall–Kier alpha value is -3.15. The fourth-order valence-electron chi connectivity index (χ4n) is 5.07. The van der Waals surface area contributed by atoms with Crippen molar-refractivity contribution in [3.8, 4) is 5.75 Å². The minimum atomic E-state index is -4.72. The molecule has 2 atom stereocenters. The second-order valence-corrected chi connectivity index (χ2v) is 11.4. The van der Waals surface area contributed by atoms with Crippen LogP contribution < -0.4 is 9.42 Å².